The second kappa shape index (κ2) is 8.87. The van der Waals surface area contributed by atoms with Gasteiger partial charge >= 0.3 is 0 Å². The van der Waals surface area contributed by atoms with Crippen LogP contribution in [0.25, 0.3) is 32.6 Å². The van der Waals surface area contributed by atoms with Crippen LogP contribution in [0.15, 0.2) is 84.9 Å². The monoisotopic (exact) mass is 489 g/mol. The maximum absolute atomic E-state index is 13.0. The Hall–Kier alpha value is -3.38. The van der Waals surface area contributed by atoms with E-state index in [9.17, 15) is 4.79 Å². The summed E-state index contributed by atoms with van der Waals surface area (Å²) in [4.78, 5) is 19.0. The topological polar surface area (TPSA) is 68.0 Å². The highest BCUT2D eigenvalue weighted by atomic mass is 35.5. The van der Waals surface area contributed by atoms with Gasteiger partial charge in [0.1, 0.15) is 9.71 Å². The van der Waals surface area contributed by atoms with E-state index in [-0.39, 0.29) is 5.91 Å². The largest absolute Gasteiger partial charge is 0.397 e. The van der Waals surface area contributed by atoms with E-state index in [1.807, 2.05) is 84.9 Å². The maximum Gasteiger partial charge on any atom is 0.267 e. The Balaban J connectivity index is 1.68. The van der Waals surface area contributed by atoms with Crippen LogP contribution in [-0.2, 0) is 0 Å². The normalized spacial score (nSPS) is 11.0. The molecule has 5 aromatic rings. The van der Waals surface area contributed by atoms with E-state index < -0.39 is 0 Å². The van der Waals surface area contributed by atoms with Crippen LogP contribution in [0.5, 0.6) is 0 Å². The summed E-state index contributed by atoms with van der Waals surface area (Å²) in [5.74, 6) is -0.267. The van der Waals surface area contributed by atoms with E-state index in [1.165, 1.54) is 11.3 Å². The Bertz CT molecular complexity index is 1460. The second-order valence-electron chi connectivity index (χ2n) is 7.41. The summed E-state index contributed by atoms with van der Waals surface area (Å²) < 4.78 is 0. The lowest BCUT2D eigenvalue weighted by atomic mass is 9.99. The zero-order chi connectivity index (χ0) is 22.9. The van der Waals surface area contributed by atoms with Gasteiger partial charge in [-0.05, 0) is 53.6 Å². The minimum atomic E-state index is -0.267. The molecule has 0 aliphatic heterocycles. The molecule has 33 heavy (non-hydrogen) atoms. The number of nitrogens with one attached hydrogen (secondary N) is 1. The molecule has 0 bridgehead atoms. The van der Waals surface area contributed by atoms with Gasteiger partial charge in [-0.1, -0.05) is 65.7 Å². The van der Waals surface area contributed by atoms with Crippen molar-refractivity contribution in [2.24, 2.45) is 0 Å². The summed E-state index contributed by atoms with van der Waals surface area (Å²) in [6, 6.07) is 26.3. The number of aromatic nitrogens is 1. The van der Waals surface area contributed by atoms with Crippen LogP contribution in [-0.4, -0.2) is 10.9 Å². The van der Waals surface area contributed by atoms with Gasteiger partial charge in [0.15, 0.2) is 0 Å². The van der Waals surface area contributed by atoms with Crippen molar-refractivity contribution in [2.45, 2.75) is 0 Å². The average molecular weight is 490 g/mol. The predicted octanol–water partition coefficient (Wildman–Crippen LogP) is 7.77. The van der Waals surface area contributed by atoms with Crippen molar-refractivity contribution in [3.05, 3.63) is 99.9 Å². The molecule has 3 N–H and O–H groups in total. The highest BCUT2D eigenvalue weighted by Gasteiger charge is 2.22. The smallest absolute Gasteiger partial charge is 0.267 e. The third-order valence-electron chi connectivity index (χ3n) is 5.23. The molecule has 0 radical (unpaired) electrons. The van der Waals surface area contributed by atoms with Gasteiger partial charge in [0, 0.05) is 26.7 Å². The van der Waals surface area contributed by atoms with E-state index >= 15 is 0 Å². The van der Waals surface area contributed by atoms with E-state index in [1.54, 1.807) is 0 Å². The van der Waals surface area contributed by atoms with Gasteiger partial charge in [-0.3, -0.25) is 4.79 Å². The third kappa shape index (κ3) is 4.31. The third-order valence-corrected chi connectivity index (χ3v) is 6.83. The van der Waals surface area contributed by atoms with Gasteiger partial charge in [-0.25, -0.2) is 4.98 Å². The standard InChI is InChI=1S/C26H17Cl2N3OS/c27-17-10-6-15(7-11-17)20-14-21(16-8-12-18(28)13-9-16)31-26-22(20)23(29)24(33-26)25(32)30-19-4-2-1-3-5-19/h1-14H,29H2,(H,30,32). The van der Waals surface area contributed by atoms with E-state index in [0.29, 0.717) is 31.1 Å². The molecule has 0 fully saturated rings. The predicted molar refractivity (Wildman–Crippen MR) is 139 cm³/mol. The van der Waals surface area contributed by atoms with E-state index in [2.05, 4.69) is 5.32 Å². The van der Waals surface area contributed by atoms with Crippen molar-refractivity contribution in [3.8, 4) is 22.4 Å². The van der Waals surface area contributed by atoms with Crippen LogP contribution in [0, 0.1) is 0 Å². The fourth-order valence-electron chi connectivity index (χ4n) is 3.62. The lowest BCUT2D eigenvalue weighted by Gasteiger charge is -2.09. The van der Waals surface area contributed by atoms with Crippen molar-refractivity contribution in [2.75, 3.05) is 11.1 Å². The van der Waals surface area contributed by atoms with Crippen LogP contribution < -0.4 is 11.1 Å². The summed E-state index contributed by atoms with van der Waals surface area (Å²) >= 11 is 13.5. The molecule has 7 heteroatoms. The number of hydrogen-bond donors (Lipinski definition) is 2. The number of carbonyl (C=O) groups is 1. The summed E-state index contributed by atoms with van der Waals surface area (Å²) in [6.07, 6.45) is 0. The Kier molecular flexibility index (Phi) is 5.77. The number of pyridine rings is 1. The molecule has 3 aromatic carbocycles. The number of thiophene rings is 1. The molecule has 0 saturated carbocycles. The van der Waals surface area contributed by atoms with Crippen LogP contribution in [0.1, 0.15) is 9.67 Å². The SMILES string of the molecule is Nc1c(C(=O)Nc2ccccc2)sc2nc(-c3ccc(Cl)cc3)cc(-c3ccc(Cl)cc3)c12. The molecule has 0 aliphatic carbocycles. The Morgan fingerprint density at radius 3 is 2.09 bits per heavy atom. The molecule has 2 heterocycles. The van der Waals surface area contributed by atoms with E-state index in [0.717, 1.165) is 27.8 Å². The lowest BCUT2D eigenvalue weighted by Crippen LogP contribution is -2.11. The molecular formula is C26H17Cl2N3OS. The zero-order valence-electron chi connectivity index (χ0n) is 17.2. The number of nitrogen functional groups attached to an aromatic ring is 1. The maximum atomic E-state index is 13.0. The first-order valence-corrected chi connectivity index (χ1v) is 11.7. The van der Waals surface area contributed by atoms with Gasteiger partial charge < -0.3 is 11.1 Å². The van der Waals surface area contributed by atoms with Crippen molar-refractivity contribution in [1.82, 2.24) is 4.98 Å². The highest BCUT2D eigenvalue weighted by Crippen LogP contribution is 2.41. The summed E-state index contributed by atoms with van der Waals surface area (Å²) in [5, 5.41) is 4.95. The fourth-order valence-corrected chi connectivity index (χ4v) is 4.89. The first kappa shape index (κ1) is 21.5. The number of rotatable bonds is 4. The molecule has 0 unspecified atom stereocenters. The molecule has 0 saturated heterocycles. The number of nitrogens with two attached hydrogens (primary N) is 1. The average Bonchev–Trinajstić information content (AvgIpc) is 3.17. The van der Waals surface area contributed by atoms with Gasteiger partial charge in [-0.2, -0.15) is 0 Å². The van der Waals surface area contributed by atoms with E-state index in [4.69, 9.17) is 33.9 Å². The molecule has 1 amide bonds. The zero-order valence-corrected chi connectivity index (χ0v) is 19.5. The molecule has 4 nitrogen and oxygen atoms in total. The van der Waals surface area contributed by atoms with Gasteiger partial charge in [0.25, 0.3) is 5.91 Å². The molecule has 5 rings (SSSR count). The van der Waals surface area contributed by atoms with Crippen molar-refractivity contribution in [1.29, 1.82) is 0 Å². The highest BCUT2D eigenvalue weighted by molar-refractivity contribution is 7.21. The number of carbonyl (C=O) groups excluding carboxylic acids is 1. The van der Waals surface area contributed by atoms with Crippen molar-refractivity contribution >= 4 is 62.0 Å². The summed E-state index contributed by atoms with van der Waals surface area (Å²) in [7, 11) is 0. The number of amides is 1. The second-order valence-corrected chi connectivity index (χ2v) is 9.29. The van der Waals surface area contributed by atoms with Crippen molar-refractivity contribution < 1.29 is 4.79 Å². The summed E-state index contributed by atoms with van der Waals surface area (Å²) in [5.41, 5.74) is 11.1. The minimum Gasteiger partial charge on any atom is -0.397 e. The first-order valence-electron chi connectivity index (χ1n) is 10.1. The number of halogens is 2. The number of hydrogen-bond acceptors (Lipinski definition) is 4. The minimum absolute atomic E-state index is 0.267. The summed E-state index contributed by atoms with van der Waals surface area (Å²) in [6.45, 7) is 0. The van der Waals surface area contributed by atoms with Crippen LogP contribution in [0.3, 0.4) is 0 Å². The number of fused-ring (bicyclic) bond motifs is 1. The Labute approximate surface area is 204 Å². The van der Waals surface area contributed by atoms with Gasteiger partial charge in [-0.15, -0.1) is 11.3 Å². The molecule has 162 valence electrons. The molecule has 0 atom stereocenters. The number of nitrogens with zero attached hydrogens (tertiary/aromatic N) is 1. The molecule has 0 spiro atoms. The fraction of sp³-hybridized carbons (Fsp3) is 0. The van der Waals surface area contributed by atoms with Crippen LogP contribution >= 0.6 is 34.5 Å². The van der Waals surface area contributed by atoms with Crippen LogP contribution in [0.4, 0.5) is 11.4 Å². The van der Waals surface area contributed by atoms with Gasteiger partial charge in [0.05, 0.1) is 11.4 Å². The molecular weight excluding hydrogens is 473 g/mol. The quantitative estimate of drug-likeness (QED) is 0.270. The Morgan fingerprint density at radius 2 is 1.45 bits per heavy atom. The first-order chi connectivity index (χ1) is 16.0. The van der Waals surface area contributed by atoms with Crippen molar-refractivity contribution in [3.63, 3.8) is 0 Å². The molecule has 2 aromatic heterocycles. The lowest BCUT2D eigenvalue weighted by molar-refractivity contribution is 0.103. The Morgan fingerprint density at radius 1 is 0.848 bits per heavy atom. The van der Waals surface area contributed by atoms with Crippen LogP contribution in [0.2, 0.25) is 10.0 Å². The molecule has 0 aliphatic rings. The number of para-hydroxylation sites is 1. The number of anilines is 2. The van der Waals surface area contributed by atoms with Gasteiger partial charge in [0.2, 0.25) is 0 Å². The number of benzene rings is 3.